The molecule has 0 amide bonds. The fourth-order valence-corrected chi connectivity index (χ4v) is 2.35. The van der Waals surface area contributed by atoms with Crippen LogP contribution in [0.4, 0.5) is 0 Å². The topological polar surface area (TPSA) is 26.0 Å². The molecule has 16 heavy (non-hydrogen) atoms. The Morgan fingerprint density at radius 3 is 2.38 bits per heavy atom. The summed E-state index contributed by atoms with van der Waals surface area (Å²) in [7, 11) is 0. The zero-order chi connectivity index (χ0) is 10.7. The van der Waals surface area contributed by atoms with Gasteiger partial charge in [0.2, 0.25) is 0 Å². The minimum Gasteiger partial charge on any atom is -0.320 e. The Hall–Kier alpha value is -0.830. The zero-order valence-corrected chi connectivity index (χ0v) is 10.9. The zero-order valence-electron chi connectivity index (χ0n) is 9.22. The van der Waals surface area contributed by atoms with Gasteiger partial charge in [0.15, 0.2) is 0 Å². The Morgan fingerprint density at radius 2 is 1.88 bits per heavy atom. The highest BCUT2D eigenvalue weighted by atomic mass is 35.5. The molecule has 2 rings (SSSR count). The van der Waals surface area contributed by atoms with E-state index in [4.69, 9.17) is 5.73 Å². The molecule has 0 spiro atoms. The first-order valence-corrected chi connectivity index (χ1v) is 6.07. The molecule has 0 bridgehead atoms. The van der Waals surface area contributed by atoms with Crippen molar-refractivity contribution in [3.05, 3.63) is 57.8 Å². The molecule has 0 fully saturated rings. The smallest absolute Gasteiger partial charge is 0.0645 e. The summed E-state index contributed by atoms with van der Waals surface area (Å²) in [6.07, 6.45) is 1.08. The quantitative estimate of drug-likeness (QED) is 0.885. The van der Waals surface area contributed by atoms with Crippen LogP contribution in [0.1, 0.15) is 29.0 Å². The maximum atomic E-state index is 6.16. The highest BCUT2D eigenvalue weighted by Gasteiger charge is 2.08. The van der Waals surface area contributed by atoms with E-state index in [-0.39, 0.29) is 18.4 Å². The van der Waals surface area contributed by atoms with Gasteiger partial charge in [-0.3, -0.25) is 0 Å². The minimum absolute atomic E-state index is 0. The van der Waals surface area contributed by atoms with E-state index in [1.807, 2.05) is 6.07 Å². The number of hydrogen-bond donors (Lipinski definition) is 1. The average molecular weight is 254 g/mol. The first-order valence-electron chi connectivity index (χ1n) is 5.19. The summed E-state index contributed by atoms with van der Waals surface area (Å²) in [4.78, 5) is 1.22. The van der Waals surface area contributed by atoms with Gasteiger partial charge in [0.25, 0.3) is 0 Å². The summed E-state index contributed by atoms with van der Waals surface area (Å²) in [5.41, 5.74) is 8.71. The lowest BCUT2D eigenvalue weighted by Gasteiger charge is -2.10. The fourth-order valence-electron chi connectivity index (χ4n) is 1.59. The van der Waals surface area contributed by atoms with Crippen LogP contribution in [-0.2, 0) is 6.42 Å². The van der Waals surface area contributed by atoms with Gasteiger partial charge in [-0.1, -0.05) is 37.3 Å². The van der Waals surface area contributed by atoms with Gasteiger partial charge < -0.3 is 5.73 Å². The van der Waals surface area contributed by atoms with Crippen LogP contribution in [0.2, 0.25) is 0 Å². The monoisotopic (exact) mass is 253 g/mol. The highest BCUT2D eigenvalue weighted by Crippen LogP contribution is 2.23. The molecule has 0 saturated heterocycles. The van der Waals surface area contributed by atoms with Crippen LogP contribution in [0.25, 0.3) is 0 Å². The van der Waals surface area contributed by atoms with E-state index in [2.05, 4.69) is 42.6 Å². The number of nitrogens with two attached hydrogens (primary N) is 1. The molecule has 86 valence electrons. The maximum Gasteiger partial charge on any atom is 0.0645 e. The van der Waals surface area contributed by atoms with Gasteiger partial charge in [0.1, 0.15) is 0 Å². The fraction of sp³-hybridized carbons (Fsp3) is 0.231. The summed E-state index contributed by atoms with van der Waals surface area (Å²) < 4.78 is 0. The van der Waals surface area contributed by atoms with Crippen LogP contribution in [-0.4, -0.2) is 0 Å². The molecule has 0 radical (unpaired) electrons. The molecule has 2 aromatic rings. The normalized spacial score (nSPS) is 11.9. The van der Waals surface area contributed by atoms with Gasteiger partial charge in [0, 0.05) is 4.88 Å². The van der Waals surface area contributed by atoms with Crippen LogP contribution in [0.5, 0.6) is 0 Å². The Labute approximate surface area is 107 Å². The van der Waals surface area contributed by atoms with Gasteiger partial charge in [-0.15, -0.1) is 23.7 Å². The van der Waals surface area contributed by atoms with Gasteiger partial charge in [-0.2, -0.15) is 0 Å². The molecule has 1 aromatic heterocycles. The van der Waals surface area contributed by atoms with E-state index in [0.29, 0.717) is 0 Å². The number of hydrogen-bond acceptors (Lipinski definition) is 2. The molecule has 0 aliphatic rings. The maximum absolute atomic E-state index is 6.16. The lowest BCUT2D eigenvalue weighted by molar-refractivity contribution is 0.891. The number of benzene rings is 1. The third-order valence-corrected chi connectivity index (χ3v) is 3.55. The van der Waals surface area contributed by atoms with Crippen LogP contribution in [0, 0.1) is 0 Å². The molecule has 1 nitrogen and oxygen atoms in total. The predicted molar refractivity (Wildman–Crippen MR) is 73.4 cm³/mol. The van der Waals surface area contributed by atoms with E-state index in [9.17, 15) is 0 Å². The molecule has 3 heteroatoms. The van der Waals surface area contributed by atoms with Crippen molar-refractivity contribution in [2.75, 3.05) is 0 Å². The third-order valence-electron chi connectivity index (χ3n) is 2.60. The first kappa shape index (κ1) is 13.2. The SMILES string of the molecule is CCc1ccc(C(N)c2cccs2)cc1.Cl. The highest BCUT2D eigenvalue weighted by molar-refractivity contribution is 7.10. The van der Waals surface area contributed by atoms with Gasteiger partial charge in [-0.05, 0) is 29.0 Å². The lowest BCUT2D eigenvalue weighted by Crippen LogP contribution is -2.09. The van der Waals surface area contributed by atoms with E-state index >= 15 is 0 Å². The number of halogens is 1. The molecule has 0 aliphatic carbocycles. The minimum atomic E-state index is 0. The summed E-state index contributed by atoms with van der Waals surface area (Å²) >= 11 is 1.71. The molecular formula is C13H16ClNS. The van der Waals surface area contributed by atoms with E-state index < -0.39 is 0 Å². The van der Waals surface area contributed by atoms with Gasteiger partial charge in [-0.25, -0.2) is 0 Å². The Balaban J connectivity index is 0.00000128. The molecule has 1 unspecified atom stereocenters. The molecule has 0 saturated carbocycles. The van der Waals surface area contributed by atoms with Crippen molar-refractivity contribution in [1.82, 2.24) is 0 Å². The van der Waals surface area contributed by atoms with Crippen LogP contribution in [0.3, 0.4) is 0 Å². The third kappa shape index (κ3) is 2.85. The largest absolute Gasteiger partial charge is 0.320 e. The van der Waals surface area contributed by atoms with E-state index in [1.165, 1.54) is 16.0 Å². The van der Waals surface area contributed by atoms with Crippen LogP contribution < -0.4 is 5.73 Å². The molecule has 0 aliphatic heterocycles. The number of aryl methyl sites for hydroxylation is 1. The van der Waals surface area contributed by atoms with E-state index in [1.54, 1.807) is 11.3 Å². The molecule has 1 aromatic carbocycles. The van der Waals surface area contributed by atoms with Gasteiger partial charge in [0.05, 0.1) is 6.04 Å². The summed E-state index contributed by atoms with van der Waals surface area (Å²) in [6, 6.07) is 12.7. The standard InChI is InChI=1S/C13H15NS.ClH/c1-2-10-5-7-11(8-6-10)13(14)12-4-3-9-15-12;/h3-9,13H,2,14H2,1H3;1H. The van der Waals surface area contributed by atoms with Crippen molar-refractivity contribution in [1.29, 1.82) is 0 Å². The van der Waals surface area contributed by atoms with Gasteiger partial charge >= 0.3 is 0 Å². The van der Waals surface area contributed by atoms with E-state index in [0.717, 1.165) is 6.42 Å². The van der Waals surface area contributed by atoms with Crippen molar-refractivity contribution in [3.63, 3.8) is 0 Å². The Morgan fingerprint density at radius 1 is 1.19 bits per heavy atom. The second-order valence-corrected chi connectivity index (χ2v) is 4.57. The molecular weight excluding hydrogens is 238 g/mol. The first-order chi connectivity index (χ1) is 7.31. The second kappa shape index (κ2) is 6.04. The van der Waals surface area contributed by atoms with Crippen LogP contribution in [0.15, 0.2) is 41.8 Å². The van der Waals surface area contributed by atoms with Crippen molar-refractivity contribution in [2.24, 2.45) is 5.73 Å². The van der Waals surface area contributed by atoms with Crippen LogP contribution >= 0.6 is 23.7 Å². The molecule has 1 atom stereocenters. The van der Waals surface area contributed by atoms with Crippen molar-refractivity contribution in [2.45, 2.75) is 19.4 Å². The Kier molecular flexibility index (Phi) is 5.00. The van der Waals surface area contributed by atoms with Crippen molar-refractivity contribution < 1.29 is 0 Å². The lowest BCUT2D eigenvalue weighted by atomic mass is 10.0. The number of thiophene rings is 1. The second-order valence-electron chi connectivity index (χ2n) is 3.59. The summed E-state index contributed by atoms with van der Waals surface area (Å²) in [6.45, 7) is 2.16. The van der Waals surface area contributed by atoms with Crippen molar-refractivity contribution >= 4 is 23.7 Å². The summed E-state index contributed by atoms with van der Waals surface area (Å²) in [5.74, 6) is 0. The predicted octanol–water partition coefficient (Wildman–Crippen LogP) is 3.78. The summed E-state index contributed by atoms with van der Waals surface area (Å²) in [5, 5.41) is 2.07. The molecule has 1 heterocycles. The average Bonchev–Trinajstić information content (AvgIpc) is 2.82. The van der Waals surface area contributed by atoms with Crippen molar-refractivity contribution in [3.8, 4) is 0 Å². The molecule has 2 N–H and O–H groups in total. The Bertz CT molecular complexity index is 408. The number of rotatable bonds is 3.